The normalized spacial score (nSPS) is 13.4. The minimum absolute atomic E-state index is 0.0301. The molecule has 1 amide bonds. The number of amides is 1. The number of ketones is 1. The first-order valence-corrected chi connectivity index (χ1v) is 14.2. The molecule has 1 aromatic carbocycles. The molecule has 0 spiro atoms. The first-order chi connectivity index (χ1) is 19.4. The maximum Gasteiger partial charge on any atom is 0.416 e. The number of nitrogens with one attached hydrogen (secondary N) is 2. The Bertz CT molecular complexity index is 1260. The lowest BCUT2D eigenvalue weighted by molar-refractivity contribution is -0.137. The molecule has 12 heteroatoms. The Balaban J connectivity index is 1.66. The van der Waals surface area contributed by atoms with E-state index in [0.717, 1.165) is 30.0 Å². The minimum Gasteiger partial charge on any atom is -0.444 e. The number of pyridine rings is 1. The third-order valence-electron chi connectivity index (χ3n) is 6.37. The van der Waals surface area contributed by atoms with Crippen molar-refractivity contribution in [3.05, 3.63) is 66.5 Å². The maximum atomic E-state index is 13.0. The number of Topliss-reactive ketones (excluding diaryl/α,β-unsaturated/α-hetero) is 1. The lowest BCUT2D eigenvalue weighted by Gasteiger charge is -2.31. The van der Waals surface area contributed by atoms with Gasteiger partial charge in [-0.1, -0.05) is 58.7 Å². The minimum atomic E-state index is -4.43. The number of alkyl halides is 3. The number of benzene rings is 1. The topological polar surface area (TPSA) is 98.1 Å². The summed E-state index contributed by atoms with van der Waals surface area (Å²) < 4.78 is 49.4. The molecule has 8 nitrogen and oxygen atoms in total. The molecule has 3 rings (SSSR count). The van der Waals surface area contributed by atoms with Crippen LogP contribution in [-0.2, 0) is 22.3 Å². The van der Waals surface area contributed by atoms with Crippen molar-refractivity contribution in [1.82, 2.24) is 24.8 Å². The van der Waals surface area contributed by atoms with Crippen LogP contribution in [0.15, 0.2) is 66.0 Å². The van der Waals surface area contributed by atoms with Gasteiger partial charge in [0, 0.05) is 17.8 Å². The molecule has 3 aromatic rings. The van der Waals surface area contributed by atoms with E-state index in [2.05, 4.69) is 20.1 Å². The molecule has 2 atom stereocenters. The van der Waals surface area contributed by atoms with Gasteiger partial charge in [0.25, 0.3) is 0 Å². The molecule has 0 bridgehead atoms. The first kappa shape index (κ1) is 32.1. The smallest absolute Gasteiger partial charge is 0.416 e. The van der Waals surface area contributed by atoms with E-state index < -0.39 is 35.4 Å². The third-order valence-corrected chi connectivity index (χ3v) is 7.11. The number of halogens is 3. The lowest BCUT2D eigenvalue weighted by Crippen LogP contribution is -2.47. The third kappa shape index (κ3) is 9.89. The molecule has 41 heavy (non-hydrogen) atoms. The summed E-state index contributed by atoms with van der Waals surface area (Å²) in [5, 5.41) is 7.79. The molecule has 0 saturated carbocycles. The molecule has 0 fully saturated rings. The summed E-state index contributed by atoms with van der Waals surface area (Å²) in [5.41, 5.74) is -0.110. The summed E-state index contributed by atoms with van der Waals surface area (Å²) in [6, 6.07) is 11.3. The van der Waals surface area contributed by atoms with Gasteiger partial charge in [-0.15, -0.1) is 0 Å². The number of hydrogen-bond acceptors (Lipinski definition) is 7. The summed E-state index contributed by atoms with van der Waals surface area (Å²) in [4.78, 5) is 30.2. The zero-order chi connectivity index (χ0) is 30.0. The summed E-state index contributed by atoms with van der Waals surface area (Å²) in [6.45, 7) is 7.92. The van der Waals surface area contributed by atoms with Gasteiger partial charge in [-0.05, 0) is 54.3 Å². The number of carbonyl (C=O) groups is 2. The molecule has 222 valence electrons. The van der Waals surface area contributed by atoms with E-state index >= 15 is 0 Å². The molecular weight excluding hydrogens is 555 g/mol. The summed E-state index contributed by atoms with van der Waals surface area (Å²) >= 11 is 1.24. The average Bonchev–Trinajstić information content (AvgIpc) is 3.38. The number of carbonyl (C=O) groups excluding carboxylic acids is 2. The van der Waals surface area contributed by atoms with E-state index in [0.29, 0.717) is 17.7 Å². The fourth-order valence-electron chi connectivity index (χ4n) is 3.94. The molecule has 2 heterocycles. The van der Waals surface area contributed by atoms with E-state index in [1.165, 1.54) is 24.1 Å². The van der Waals surface area contributed by atoms with Gasteiger partial charge in [0.2, 0.25) is 0 Å². The highest BCUT2D eigenvalue weighted by atomic mass is 32.2. The van der Waals surface area contributed by atoms with Crippen LogP contribution in [0.3, 0.4) is 0 Å². The van der Waals surface area contributed by atoms with Crippen LogP contribution in [0.1, 0.15) is 52.5 Å². The predicted molar refractivity (Wildman–Crippen MR) is 152 cm³/mol. The van der Waals surface area contributed by atoms with Gasteiger partial charge in [-0.2, -0.15) is 18.3 Å². The van der Waals surface area contributed by atoms with Gasteiger partial charge < -0.3 is 10.1 Å². The van der Waals surface area contributed by atoms with Crippen molar-refractivity contribution in [2.24, 2.45) is 5.41 Å². The predicted octanol–water partition coefficient (Wildman–Crippen LogP) is 6.53. The van der Waals surface area contributed by atoms with Gasteiger partial charge in [0.05, 0.1) is 30.4 Å². The van der Waals surface area contributed by atoms with Gasteiger partial charge in [0.1, 0.15) is 11.1 Å². The van der Waals surface area contributed by atoms with Gasteiger partial charge in [0.15, 0.2) is 5.78 Å². The van der Waals surface area contributed by atoms with Crippen LogP contribution in [0.25, 0.3) is 11.3 Å². The molecule has 2 aromatic heterocycles. The zero-order valence-electron chi connectivity index (χ0n) is 23.6. The van der Waals surface area contributed by atoms with Crippen LogP contribution in [0.5, 0.6) is 0 Å². The van der Waals surface area contributed by atoms with Crippen LogP contribution >= 0.6 is 11.9 Å². The summed E-state index contributed by atoms with van der Waals surface area (Å²) in [6.07, 6.45) is -0.532. The molecule has 0 aliphatic heterocycles. The Hall–Kier alpha value is -3.38. The van der Waals surface area contributed by atoms with Crippen LogP contribution in [0.2, 0.25) is 0 Å². The number of nitrogens with zero attached hydrogens (tertiary/aromatic N) is 3. The maximum absolute atomic E-state index is 13.0. The highest BCUT2D eigenvalue weighted by Crippen LogP contribution is 2.31. The van der Waals surface area contributed by atoms with Crippen LogP contribution in [0.4, 0.5) is 18.0 Å². The molecule has 0 radical (unpaired) electrons. The summed E-state index contributed by atoms with van der Waals surface area (Å²) in [7, 11) is 0. The van der Waals surface area contributed by atoms with Crippen molar-refractivity contribution >= 4 is 23.8 Å². The van der Waals surface area contributed by atoms with E-state index in [9.17, 15) is 22.8 Å². The van der Waals surface area contributed by atoms with Crippen LogP contribution in [-0.4, -0.2) is 45.3 Å². The van der Waals surface area contributed by atoms with Crippen molar-refractivity contribution in [3.63, 3.8) is 0 Å². The summed E-state index contributed by atoms with van der Waals surface area (Å²) in [5.74, 6) is -0.178. The van der Waals surface area contributed by atoms with Crippen LogP contribution in [0, 0.1) is 5.41 Å². The Morgan fingerprint density at radius 2 is 1.78 bits per heavy atom. The molecular formula is C29H36F3N5O3S. The van der Waals surface area contributed by atoms with Gasteiger partial charge >= 0.3 is 12.3 Å². The van der Waals surface area contributed by atoms with Crippen LogP contribution < -0.4 is 10.0 Å². The SMILES string of the molecule is CCCC[C@H](NC(=O)O[C@H](Cn1nccc1-c1ccc(C(F)(F)F)cc1)C(C)(C)C)C(=O)CNSc1ccccn1. The first-order valence-electron chi connectivity index (χ1n) is 13.4. The van der Waals surface area contributed by atoms with Crippen molar-refractivity contribution < 1.29 is 27.5 Å². The number of rotatable bonds is 13. The van der Waals surface area contributed by atoms with E-state index in [1.807, 2.05) is 39.8 Å². The number of unbranched alkanes of at least 4 members (excludes halogenated alkanes) is 1. The standard InChI is InChI=1S/C29H36F3N5O3S/c1-5-6-9-22(24(38)18-35-41-26-10-7-8-16-33-26)36-27(39)40-25(28(2,3)4)19-37-23(15-17-34-37)20-11-13-21(14-12-20)29(30,31)32/h7-8,10-17,22,25,35H,5-6,9,18-19H2,1-4H3,(H,36,39)/t22-,25+/m0/s1. The van der Waals surface area contributed by atoms with Gasteiger partial charge in [-0.25, -0.2) is 9.78 Å². The second-order valence-electron chi connectivity index (χ2n) is 10.6. The quantitative estimate of drug-likeness (QED) is 0.218. The highest BCUT2D eigenvalue weighted by Gasteiger charge is 2.32. The fraction of sp³-hybridized carbons (Fsp3) is 0.448. The molecule has 0 aliphatic carbocycles. The highest BCUT2D eigenvalue weighted by molar-refractivity contribution is 7.97. The van der Waals surface area contributed by atoms with Crippen molar-refractivity contribution in [2.45, 2.75) is 76.9 Å². The number of ether oxygens (including phenoxy) is 1. The Kier molecular flexibility index (Phi) is 11.4. The fourth-order valence-corrected chi connectivity index (χ4v) is 4.56. The van der Waals surface area contributed by atoms with Crippen molar-refractivity contribution in [1.29, 1.82) is 0 Å². The van der Waals surface area contributed by atoms with Crippen molar-refractivity contribution in [2.75, 3.05) is 6.54 Å². The number of hydrogen-bond donors (Lipinski definition) is 2. The molecule has 0 aliphatic rings. The molecule has 0 saturated heterocycles. The van der Waals surface area contributed by atoms with Gasteiger partial charge in [-0.3, -0.25) is 14.2 Å². The van der Waals surface area contributed by atoms with E-state index in [4.69, 9.17) is 4.74 Å². The average molecular weight is 592 g/mol. The lowest BCUT2D eigenvalue weighted by atomic mass is 9.89. The largest absolute Gasteiger partial charge is 0.444 e. The zero-order valence-corrected chi connectivity index (χ0v) is 24.4. The van der Waals surface area contributed by atoms with E-state index in [1.54, 1.807) is 29.2 Å². The number of aromatic nitrogens is 3. The Morgan fingerprint density at radius 1 is 1.05 bits per heavy atom. The molecule has 2 N–H and O–H groups in total. The second kappa shape index (κ2) is 14.5. The van der Waals surface area contributed by atoms with E-state index in [-0.39, 0.29) is 18.9 Å². The Labute approximate surface area is 242 Å². The molecule has 0 unspecified atom stereocenters. The second-order valence-corrected chi connectivity index (χ2v) is 11.5. The Morgan fingerprint density at radius 3 is 2.39 bits per heavy atom. The van der Waals surface area contributed by atoms with Crippen molar-refractivity contribution in [3.8, 4) is 11.3 Å². The monoisotopic (exact) mass is 591 g/mol. The number of alkyl carbamates (subject to hydrolysis) is 1.